The van der Waals surface area contributed by atoms with Crippen LogP contribution in [-0.4, -0.2) is 14.0 Å². The fraction of sp³-hybridized carbons (Fsp3) is 0.255. The van der Waals surface area contributed by atoms with E-state index in [2.05, 4.69) is 70.0 Å². The van der Waals surface area contributed by atoms with Crippen LogP contribution in [0.3, 0.4) is 0 Å². The van der Waals surface area contributed by atoms with E-state index in [-0.39, 0.29) is 32.9 Å². The predicted molar refractivity (Wildman–Crippen MR) is 242 cm³/mol. The summed E-state index contributed by atoms with van der Waals surface area (Å²) in [6.07, 6.45) is -4.31. The molecule has 0 saturated carbocycles. The molecule has 1 aliphatic rings. The van der Waals surface area contributed by atoms with Crippen molar-refractivity contribution < 1.29 is 42.5 Å². The first kappa shape index (κ1) is 36.6. The zero-order valence-corrected chi connectivity index (χ0v) is 36.9. The van der Waals surface area contributed by atoms with Crippen LogP contribution in [-0.2, 0) is 27.2 Å². The fourth-order valence-electron chi connectivity index (χ4n) is 7.49. The summed E-state index contributed by atoms with van der Waals surface area (Å²) in [4.78, 5) is 8.67. The minimum absolute atomic E-state index is 0. The maximum atomic E-state index is 12.6. The van der Waals surface area contributed by atoms with E-state index in [1.807, 2.05) is 66.4 Å². The van der Waals surface area contributed by atoms with E-state index in [4.69, 9.17) is 8.22 Å². The van der Waals surface area contributed by atoms with Gasteiger partial charge in [0, 0.05) is 25.3 Å². The molecule has 7 aromatic rings. The molecule has 0 unspecified atom stereocenters. The Hall–Kier alpha value is -5.20. The van der Waals surface area contributed by atoms with Crippen LogP contribution in [0.4, 0.5) is 41.6 Å². The van der Waals surface area contributed by atoms with Gasteiger partial charge in [0.15, 0.2) is 0 Å². The van der Waals surface area contributed by atoms with Crippen molar-refractivity contribution in [1.82, 2.24) is 4.98 Å². The van der Waals surface area contributed by atoms with Crippen molar-refractivity contribution in [3.05, 3.63) is 162 Å². The number of aromatic nitrogens is 1. The molecular weight excluding hydrogens is 935 g/mol. The Bertz CT molecular complexity index is 2790. The third-order valence-electron chi connectivity index (χ3n) is 10.7. The number of benzene rings is 6. The van der Waals surface area contributed by atoms with Gasteiger partial charge in [0.25, 0.3) is 0 Å². The van der Waals surface area contributed by atoms with Gasteiger partial charge in [-0.15, -0.1) is 46.2 Å². The Morgan fingerprint density at radius 1 is 0.767 bits per heavy atom. The molecule has 5 nitrogen and oxygen atoms in total. The third kappa shape index (κ3) is 9.24. The second kappa shape index (κ2) is 18.2. The van der Waals surface area contributed by atoms with Crippen LogP contribution < -0.4 is 25.0 Å². The minimum Gasteiger partial charge on any atom is -0.657 e. The first-order valence-electron chi connectivity index (χ1n) is 22.8. The van der Waals surface area contributed by atoms with E-state index < -0.39 is 25.7 Å². The maximum Gasteiger partial charge on any atom is 4.00 e. The van der Waals surface area contributed by atoms with Crippen LogP contribution in [0.15, 0.2) is 115 Å². The van der Waals surface area contributed by atoms with Gasteiger partial charge < -0.3 is 25.0 Å². The number of fused-ring (bicyclic) bond motifs is 4. The van der Waals surface area contributed by atoms with E-state index in [1.54, 1.807) is 37.0 Å². The van der Waals surface area contributed by atoms with Crippen molar-refractivity contribution in [1.29, 1.82) is 0 Å². The van der Waals surface area contributed by atoms with Gasteiger partial charge in [0.2, 0.25) is 0 Å². The van der Waals surface area contributed by atoms with Gasteiger partial charge in [-0.25, -0.2) is 0 Å². The molecule has 9 heteroatoms. The number of halogens is 3. The van der Waals surface area contributed by atoms with Crippen LogP contribution in [0.2, 0.25) is 0 Å². The van der Waals surface area contributed by atoms with Crippen LogP contribution in [0.25, 0.3) is 32.9 Å². The van der Waals surface area contributed by atoms with Gasteiger partial charge >= 0.3 is 27.2 Å². The minimum atomic E-state index is -4.31. The third-order valence-corrected chi connectivity index (χ3v) is 10.7. The second-order valence-corrected chi connectivity index (χ2v) is 15.8. The molecule has 0 saturated heterocycles. The Labute approximate surface area is 376 Å². The number of para-hydroxylation sites is 4. The van der Waals surface area contributed by atoms with Crippen LogP contribution in [0.1, 0.15) is 95.3 Å². The largest absolute Gasteiger partial charge is 4.00 e. The predicted octanol–water partition coefficient (Wildman–Crippen LogP) is 14.2. The van der Waals surface area contributed by atoms with E-state index in [1.165, 1.54) is 39.2 Å². The molecule has 6 aromatic carbocycles. The van der Waals surface area contributed by atoms with Crippen molar-refractivity contribution in [2.45, 2.75) is 72.4 Å². The molecular formula is C51H52F3N5Pt. The summed E-state index contributed by atoms with van der Waals surface area (Å²) in [5.74, 6) is 0.808. The van der Waals surface area contributed by atoms with Gasteiger partial charge in [0.1, 0.15) is 0 Å². The van der Waals surface area contributed by atoms with Crippen molar-refractivity contribution in [2.24, 2.45) is 0 Å². The van der Waals surface area contributed by atoms with Gasteiger partial charge in [-0.05, 0) is 101 Å². The number of rotatable bonds is 9. The molecule has 0 atom stereocenters. The van der Waals surface area contributed by atoms with Crippen LogP contribution in [0, 0.1) is 26.3 Å². The number of hydrogen-bond acceptors (Lipinski definition) is 4. The first-order chi connectivity index (χ1) is 30.5. The van der Waals surface area contributed by atoms with Gasteiger partial charge in [0.05, 0.1) is 5.56 Å². The Morgan fingerprint density at radius 3 is 2.07 bits per heavy atom. The molecule has 2 heterocycles. The molecule has 0 spiro atoms. The summed E-state index contributed by atoms with van der Waals surface area (Å²) in [5.41, 5.74) is 10.3. The number of alkyl halides is 3. The summed E-state index contributed by atoms with van der Waals surface area (Å²) in [6.45, 7) is 13.3. The van der Waals surface area contributed by atoms with E-state index in [9.17, 15) is 13.2 Å². The Balaban J connectivity index is 0.000000332. The number of anilines is 5. The first-order valence-corrected chi connectivity index (χ1v) is 19.8. The molecule has 0 aliphatic carbocycles. The Morgan fingerprint density at radius 2 is 1.42 bits per heavy atom. The summed E-state index contributed by atoms with van der Waals surface area (Å²) in [5, 5.41) is 4.57. The number of nitrogens with one attached hydrogen (secondary N) is 1. The molecule has 0 radical (unpaired) electrons. The fourth-order valence-corrected chi connectivity index (χ4v) is 7.49. The molecule has 0 bridgehead atoms. The Kier molecular flexibility index (Phi) is 11.1. The smallest absolute Gasteiger partial charge is 0.657 e. The normalized spacial score (nSPS) is 14.5. The quantitative estimate of drug-likeness (QED) is 0.146. The zero-order chi connectivity index (χ0) is 47.2. The number of aryl methyl sites for hydroxylation is 1. The van der Waals surface area contributed by atoms with Crippen molar-refractivity contribution >= 4 is 50.2 Å². The molecule has 1 N–H and O–H groups in total. The van der Waals surface area contributed by atoms with Gasteiger partial charge in [-0.3, -0.25) is 0 Å². The summed E-state index contributed by atoms with van der Waals surface area (Å²) in [6, 6.07) is 37.7. The van der Waals surface area contributed by atoms with E-state index >= 15 is 0 Å². The molecule has 1 aromatic heterocycles. The topological polar surface area (TPSA) is 35.9 Å². The molecule has 0 fully saturated rings. The van der Waals surface area contributed by atoms with Gasteiger partial charge in [-0.1, -0.05) is 120 Å². The maximum absolute atomic E-state index is 12.6. The summed E-state index contributed by atoms with van der Waals surface area (Å²) in [7, 11) is 0. The SMILES string of the molecule is FC(F)(F)c1ccc2[n-]c3ccccc3c2c1.[2H]C([2H])([2H])N([CH-]Nc1[c-]c(N2[CH-]N(C([2H])([2H])[2H])c3ccccc32)cc(-c2c(C(C)C)cc(C(C)C)cc2C(C)C)c1)c1ccccc1C.[Pt+4]. The average Bonchev–Trinajstić information content (AvgIpc) is 3.82. The van der Waals surface area contributed by atoms with Crippen molar-refractivity contribution in [3.63, 3.8) is 0 Å². The zero-order valence-electron chi connectivity index (χ0n) is 40.6. The van der Waals surface area contributed by atoms with Crippen LogP contribution >= 0.6 is 0 Å². The average molecular weight is 993 g/mol. The standard InChI is InChI=1S/C38H45N4.C13H7F3N.Pt/c1-25(2)29-20-33(26(3)4)38(34(21-29)27(5)6)30-18-31(39-23-40(8)35-15-11-10-14-28(35)7)22-32(19-30)42-24-41(9)36-16-12-13-17-37(36)42;14-13(15,16)8-5-6-12-10(7-8)9-3-1-2-4-11(9)17-12;/h10-21,23-27,39H,1-9H3;1-7H;/q-3;-1;+4/i8D3,9D3;;. The van der Waals surface area contributed by atoms with Crippen molar-refractivity contribution in [2.75, 3.05) is 34.0 Å². The molecule has 60 heavy (non-hydrogen) atoms. The van der Waals surface area contributed by atoms with E-state index in [0.717, 1.165) is 39.7 Å². The van der Waals surface area contributed by atoms with Crippen LogP contribution in [0.5, 0.6) is 0 Å². The van der Waals surface area contributed by atoms with E-state index in [0.29, 0.717) is 45.3 Å². The summed E-state index contributed by atoms with van der Waals surface area (Å²) >= 11 is 0. The second-order valence-electron chi connectivity index (χ2n) is 15.8. The van der Waals surface area contributed by atoms with Gasteiger partial charge in [-0.2, -0.15) is 26.5 Å². The number of hydrogen-bond donors (Lipinski definition) is 1. The number of nitrogens with zero attached hydrogens (tertiary/aromatic N) is 4. The monoisotopic (exact) mass is 992 g/mol. The summed E-state index contributed by atoms with van der Waals surface area (Å²) < 4.78 is 87.4. The van der Waals surface area contributed by atoms with Crippen molar-refractivity contribution in [3.8, 4) is 11.1 Å². The molecule has 8 rings (SSSR count). The molecule has 0 amide bonds. The molecule has 1 aliphatic heterocycles. The molecule has 312 valence electrons.